The Morgan fingerprint density at radius 3 is 2.80 bits per heavy atom. The van der Waals surface area contributed by atoms with Gasteiger partial charge in [0.2, 0.25) is 5.91 Å². The average Bonchev–Trinajstić information content (AvgIpc) is 3.28. The number of hydrogen-bond donors (Lipinski definition) is 1. The zero-order valence-electron chi connectivity index (χ0n) is 15.4. The third-order valence-corrected chi connectivity index (χ3v) is 5.45. The van der Waals surface area contributed by atoms with Crippen molar-refractivity contribution < 1.29 is 9.53 Å². The number of nitrogens with zero attached hydrogens (tertiary/aromatic N) is 3. The van der Waals surface area contributed by atoms with Crippen LogP contribution in [0.5, 0.6) is 0 Å². The molecule has 0 aromatic carbocycles. The Morgan fingerprint density at radius 1 is 1.36 bits per heavy atom. The molecule has 3 rings (SSSR count). The van der Waals surface area contributed by atoms with Gasteiger partial charge in [0.25, 0.3) is 0 Å². The minimum atomic E-state index is -0.196. The fraction of sp³-hybridized carbons (Fsp3) is 0.833. The number of nitrogens with one attached hydrogen (secondary N) is 1. The van der Waals surface area contributed by atoms with Gasteiger partial charge in [-0.2, -0.15) is 5.10 Å². The first-order chi connectivity index (χ1) is 12.1. The van der Waals surface area contributed by atoms with E-state index in [0.29, 0.717) is 13.2 Å². The van der Waals surface area contributed by atoms with Gasteiger partial charge in [0.1, 0.15) is 12.4 Å². The molecule has 1 saturated heterocycles. The van der Waals surface area contributed by atoms with Gasteiger partial charge >= 0.3 is 5.69 Å². The van der Waals surface area contributed by atoms with Crippen LogP contribution in [0.1, 0.15) is 64.6 Å². The zero-order valence-corrected chi connectivity index (χ0v) is 15.4. The van der Waals surface area contributed by atoms with Gasteiger partial charge in [-0.1, -0.05) is 26.2 Å². The standard InChI is InChI=1S/C18H30N4O3/c1-3-5-8-15-20-22(17(24)21(15)4-2)12-16(23)19-14-11-18(25-13-14)9-6-7-10-18/h14H,3-13H2,1-2H3,(H,19,23)/t14-/m1/s1. The summed E-state index contributed by atoms with van der Waals surface area (Å²) in [5.74, 6) is 0.616. The van der Waals surface area contributed by atoms with E-state index in [4.69, 9.17) is 4.74 Å². The van der Waals surface area contributed by atoms with Crippen molar-refractivity contribution in [2.45, 2.75) is 89.9 Å². The molecule has 1 N–H and O–H groups in total. The molecular weight excluding hydrogens is 320 g/mol. The van der Waals surface area contributed by atoms with Crippen molar-refractivity contribution in [3.8, 4) is 0 Å². The molecule has 7 heteroatoms. The summed E-state index contributed by atoms with van der Waals surface area (Å²) in [6, 6.07) is 0.0501. The molecule has 2 aliphatic rings. The van der Waals surface area contributed by atoms with Gasteiger partial charge in [0.05, 0.1) is 18.2 Å². The van der Waals surface area contributed by atoms with Crippen LogP contribution in [-0.2, 0) is 29.0 Å². The lowest BCUT2D eigenvalue weighted by Crippen LogP contribution is -2.40. The van der Waals surface area contributed by atoms with Crippen LogP contribution in [0.15, 0.2) is 4.79 Å². The van der Waals surface area contributed by atoms with Gasteiger partial charge in [-0.15, -0.1) is 0 Å². The maximum atomic E-state index is 12.4. The molecule has 0 bridgehead atoms. The molecule has 1 aliphatic heterocycles. The summed E-state index contributed by atoms with van der Waals surface area (Å²) < 4.78 is 8.93. The maximum absolute atomic E-state index is 12.4. The van der Waals surface area contributed by atoms with Crippen LogP contribution >= 0.6 is 0 Å². The lowest BCUT2D eigenvalue weighted by molar-refractivity contribution is -0.122. The lowest BCUT2D eigenvalue weighted by atomic mass is 9.96. The third-order valence-electron chi connectivity index (χ3n) is 5.45. The average molecular weight is 350 g/mol. The van der Waals surface area contributed by atoms with E-state index in [1.165, 1.54) is 17.5 Å². The molecule has 1 aromatic rings. The van der Waals surface area contributed by atoms with E-state index < -0.39 is 0 Å². The first kappa shape index (κ1) is 18.2. The van der Waals surface area contributed by atoms with E-state index in [-0.39, 0.29) is 29.8 Å². The molecule has 1 aliphatic carbocycles. The highest BCUT2D eigenvalue weighted by Gasteiger charge is 2.42. The Morgan fingerprint density at radius 2 is 2.12 bits per heavy atom. The van der Waals surface area contributed by atoms with Crippen LogP contribution in [0.2, 0.25) is 0 Å². The number of carbonyl (C=O) groups excluding carboxylic acids is 1. The van der Waals surface area contributed by atoms with Gasteiger partial charge < -0.3 is 10.1 Å². The smallest absolute Gasteiger partial charge is 0.346 e. The molecule has 25 heavy (non-hydrogen) atoms. The summed E-state index contributed by atoms with van der Waals surface area (Å²) in [4.78, 5) is 24.8. The largest absolute Gasteiger partial charge is 0.373 e. The van der Waals surface area contributed by atoms with E-state index in [1.807, 2.05) is 6.92 Å². The molecule has 2 heterocycles. The second-order valence-electron chi connectivity index (χ2n) is 7.37. The van der Waals surface area contributed by atoms with Crippen molar-refractivity contribution >= 4 is 5.91 Å². The lowest BCUT2D eigenvalue weighted by Gasteiger charge is -2.21. The molecule has 140 valence electrons. The Bertz CT molecular complexity index is 658. The van der Waals surface area contributed by atoms with Crippen molar-refractivity contribution in [3.63, 3.8) is 0 Å². The molecular formula is C18H30N4O3. The van der Waals surface area contributed by atoms with Crippen LogP contribution in [0.25, 0.3) is 0 Å². The Hall–Kier alpha value is -1.63. The van der Waals surface area contributed by atoms with Gasteiger partial charge in [-0.3, -0.25) is 9.36 Å². The van der Waals surface area contributed by atoms with Gasteiger partial charge in [0, 0.05) is 13.0 Å². The number of unbranched alkanes of at least 4 members (excludes halogenated alkanes) is 1. The van der Waals surface area contributed by atoms with E-state index in [1.54, 1.807) is 4.57 Å². The maximum Gasteiger partial charge on any atom is 0.346 e. The number of ether oxygens (including phenoxy) is 1. The normalized spacial score (nSPS) is 21.9. The van der Waals surface area contributed by atoms with Crippen LogP contribution < -0.4 is 11.0 Å². The second kappa shape index (κ2) is 7.72. The summed E-state index contributed by atoms with van der Waals surface area (Å²) in [5.41, 5.74) is -0.204. The van der Waals surface area contributed by atoms with Gasteiger partial charge in [0.15, 0.2) is 0 Å². The highest BCUT2D eigenvalue weighted by Crippen LogP contribution is 2.40. The number of aryl methyl sites for hydroxylation is 1. The van der Waals surface area contributed by atoms with Crippen molar-refractivity contribution in [3.05, 3.63) is 16.3 Å². The van der Waals surface area contributed by atoms with Crippen LogP contribution in [0, 0.1) is 0 Å². The topological polar surface area (TPSA) is 78.2 Å². The summed E-state index contributed by atoms with van der Waals surface area (Å²) in [6.45, 7) is 5.18. The van der Waals surface area contributed by atoms with Crippen molar-refractivity contribution in [1.29, 1.82) is 0 Å². The molecule has 1 saturated carbocycles. The Kier molecular flexibility index (Phi) is 5.61. The van der Waals surface area contributed by atoms with Crippen molar-refractivity contribution in [2.24, 2.45) is 0 Å². The van der Waals surface area contributed by atoms with E-state index in [2.05, 4.69) is 17.3 Å². The van der Waals surface area contributed by atoms with Crippen LogP contribution in [-0.4, -0.2) is 38.5 Å². The Balaban J connectivity index is 1.59. The molecule has 1 amide bonds. The highest BCUT2D eigenvalue weighted by molar-refractivity contribution is 5.76. The summed E-state index contributed by atoms with van der Waals surface area (Å²) in [6.07, 6.45) is 8.32. The Labute approximate surface area is 148 Å². The monoisotopic (exact) mass is 350 g/mol. The number of carbonyl (C=O) groups is 1. The van der Waals surface area contributed by atoms with E-state index in [0.717, 1.165) is 44.3 Å². The fourth-order valence-corrected chi connectivity index (χ4v) is 4.14. The molecule has 7 nitrogen and oxygen atoms in total. The van der Waals surface area contributed by atoms with Crippen LogP contribution in [0.3, 0.4) is 0 Å². The molecule has 1 atom stereocenters. The number of amides is 1. The van der Waals surface area contributed by atoms with Crippen molar-refractivity contribution in [2.75, 3.05) is 6.61 Å². The quantitative estimate of drug-likeness (QED) is 0.811. The predicted molar refractivity (Wildman–Crippen MR) is 94.5 cm³/mol. The summed E-state index contributed by atoms with van der Waals surface area (Å²) in [5, 5.41) is 7.40. The first-order valence-electron chi connectivity index (χ1n) is 9.67. The molecule has 2 fully saturated rings. The van der Waals surface area contributed by atoms with Crippen LogP contribution in [0.4, 0.5) is 0 Å². The molecule has 0 radical (unpaired) electrons. The predicted octanol–water partition coefficient (Wildman–Crippen LogP) is 1.63. The van der Waals surface area contributed by atoms with Gasteiger partial charge in [-0.05, 0) is 32.6 Å². The van der Waals surface area contributed by atoms with E-state index in [9.17, 15) is 9.59 Å². The molecule has 1 spiro atoms. The third kappa shape index (κ3) is 3.97. The molecule has 0 unspecified atom stereocenters. The SMILES string of the molecule is CCCCc1nn(CC(=O)N[C@H]2COC3(CCCC3)C2)c(=O)n1CC. The zero-order chi connectivity index (χ0) is 17.9. The number of aromatic nitrogens is 3. The second-order valence-corrected chi connectivity index (χ2v) is 7.37. The number of hydrogen-bond acceptors (Lipinski definition) is 4. The highest BCUT2D eigenvalue weighted by atomic mass is 16.5. The number of rotatable bonds is 7. The fourth-order valence-electron chi connectivity index (χ4n) is 4.14. The minimum Gasteiger partial charge on any atom is -0.373 e. The first-order valence-corrected chi connectivity index (χ1v) is 9.67. The molecule has 1 aromatic heterocycles. The summed E-state index contributed by atoms with van der Waals surface area (Å²) in [7, 11) is 0. The van der Waals surface area contributed by atoms with E-state index >= 15 is 0 Å². The summed E-state index contributed by atoms with van der Waals surface area (Å²) >= 11 is 0. The van der Waals surface area contributed by atoms with Gasteiger partial charge in [-0.25, -0.2) is 9.48 Å². The van der Waals surface area contributed by atoms with Crippen molar-refractivity contribution in [1.82, 2.24) is 19.7 Å². The minimum absolute atomic E-state index is 0.00804.